The standard InChI is InChI=1S/C13H21NO3S/c1-10-5-6-11(2)12(7-10)17-8-13(3,4)9-18(14,15)16/h5-7H,8-9H2,1-4H3,(H2,14,15,16). The highest BCUT2D eigenvalue weighted by Gasteiger charge is 2.25. The lowest BCUT2D eigenvalue weighted by molar-refractivity contribution is 0.198. The van der Waals surface area contributed by atoms with Crippen molar-refractivity contribution in [3.63, 3.8) is 0 Å². The number of sulfonamides is 1. The zero-order chi connectivity index (χ0) is 14.0. The van der Waals surface area contributed by atoms with E-state index in [1.165, 1.54) is 0 Å². The van der Waals surface area contributed by atoms with E-state index < -0.39 is 15.4 Å². The van der Waals surface area contributed by atoms with Crippen LogP contribution < -0.4 is 9.88 Å². The van der Waals surface area contributed by atoms with Gasteiger partial charge in [-0.25, -0.2) is 13.6 Å². The molecule has 0 aromatic heterocycles. The fourth-order valence-electron chi connectivity index (χ4n) is 1.72. The molecule has 5 heteroatoms. The molecule has 0 amide bonds. The Balaban J connectivity index is 2.72. The number of rotatable bonds is 5. The number of primary sulfonamides is 1. The highest BCUT2D eigenvalue weighted by molar-refractivity contribution is 7.89. The molecule has 0 saturated carbocycles. The van der Waals surface area contributed by atoms with E-state index in [9.17, 15) is 8.42 Å². The Labute approximate surface area is 109 Å². The minimum atomic E-state index is -3.48. The van der Waals surface area contributed by atoms with Gasteiger partial charge in [-0.05, 0) is 31.0 Å². The average Bonchev–Trinajstić information content (AvgIpc) is 2.16. The molecule has 1 aromatic carbocycles. The summed E-state index contributed by atoms with van der Waals surface area (Å²) in [4.78, 5) is 0. The van der Waals surface area contributed by atoms with E-state index in [1.54, 1.807) is 0 Å². The highest BCUT2D eigenvalue weighted by atomic mass is 32.2. The second kappa shape index (κ2) is 5.28. The van der Waals surface area contributed by atoms with E-state index in [2.05, 4.69) is 0 Å². The van der Waals surface area contributed by atoms with Crippen LogP contribution in [0.25, 0.3) is 0 Å². The van der Waals surface area contributed by atoms with Crippen LogP contribution in [0.4, 0.5) is 0 Å². The van der Waals surface area contributed by atoms with Crippen LogP contribution in [0.5, 0.6) is 5.75 Å². The number of aryl methyl sites for hydroxylation is 2. The maximum Gasteiger partial charge on any atom is 0.209 e. The Morgan fingerprint density at radius 3 is 2.44 bits per heavy atom. The lowest BCUT2D eigenvalue weighted by atomic mass is 9.98. The van der Waals surface area contributed by atoms with Crippen molar-refractivity contribution >= 4 is 10.0 Å². The normalized spacial score (nSPS) is 12.5. The molecular weight excluding hydrogens is 250 g/mol. The molecule has 0 fully saturated rings. The van der Waals surface area contributed by atoms with E-state index in [0.29, 0.717) is 6.61 Å². The van der Waals surface area contributed by atoms with Crippen molar-refractivity contribution in [1.29, 1.82) is 0 Å². The summed E-state index contributed by atoms with van der Waals surface area (Å²) in [6, 6.07) is 5.94. The van der Waals surface area contributed by atoms with Gasteiger partial charge in [0.05, 0.1) is 12.4 Å². The molecule has 0 bridgehead atoms. The third kappa shape index (κ3) is 5.06. The van der Waals surface area contributed by atoms with Gasteiger partial charge in [-0.15, -0.1) is 0 Å². The Morgan fingerprint density at radius 2 is 1.89 bits per heavy atom. The molecule has 0 atom stereocenters. The maximum atomic E-state index is 11.1. The van der Waals surface area contributed by atoms with E-state index in [4.69, 9.17) is 9.88 Å². The van der Waals surface area contributed by atoms with Crippen LogP contribution in [-0.2, 0) is 10.0 Å². The fourth-order valence-corrected chi connectivity index (χ4v) is 2.89. The van der Waals surface area contributed by atoms with Crippen molar-refractivity contribution in [2.24, 2.45) is 10.6 Å². The zero-order valence-corrected chi connectivity index (χ0v) is 12.2. The minimum Gasteiger partial charge on any atom is -0.493 e. The SMILES string of the molecule is Cc1ccc(C)c(OCC(C)(C)CS(N)(=O)=O)c1. The summed E-state index contributed by atoms with van der Waals surface area (Å²) in [6.07, 6.45) is 0. The molecule has 0 spiro atoms. The van der Waals surface area contributed by atoms with E-state index in [-0.39, 0.29) is 5.75 Å². The van der Waals surface area contributed by atoms with Gasteiger partial charge in [0.25, 0.3) is 0 Å². The van der Waals surface area contributed by atoms with Gasteiger partial charge >= 0.3 is 0 Å². The third-order valence-electron chi connectivity index (χ3n) is 2.55. The van der Waals surface area contributed by atoms with Gasteiger partial charge in [0, 0.05) is 5.41 Å². The molecule has 18 heavy (non-hydrogen) atoms. The van der Waals surface area contributed by atoms with E-state index in [1.807, 2.05) is 45.9 Å². The van der Waals surface area contributed by atoms with Crippen LogP contribution in [0.3, 0.4) is 0 Å². The molecule has 0 radical (unpaired) electrons. The molecule has 0 aliphatic rings. The van der Waals surface area contributed by atoms with Crippen molar-refractivity contribution in [2.45, 2.75) is 27.7 Å². The maximum absolute atomic E-state index is 11.1. The fraction of sp³-hybridized carbons (Fsp3) is 0.538. The minimum absolute atomic E-state index is 0.0924. The van der Waals surface area contributed by atoms with Gasteiger partial charge in [0.15, 0.2) is 0 Å². The van der Waals surface area contributed by atoms with Crippen LogP contribution in [0.2, 0.25) is 0 Å². The Hall–Kier alpha value is -1.07. The van der Waals surface area contributed by atoms with Crippen molar-refractivity contribution < 1.29 is 13.2 Å². The average molecular weight is 271 g/mol. The monoisotopic (exact) mass is 271 g/mol. The molecule has 0 unspecified atom stereocenters. The molecule has 0 aliphatic carbocycles. The summed E-state index contributed by atoms with van der Waals surface area (Å²) in [5, 5.41) is 5.06. The lowest BCUT2D eigenvalue weighted by Crippen LogP contribution is -2.33. The van der Waals surface area contributed by atoms with E-state index in [0.717, 1.165) is 16.9 Å². The van der Waals surface area contributed by atoms with Crippen molar-refractivity contribution in [1.82, 2.24) is 0 Å². The van der Waals surface area contributed by atoms with Crippen molar-refractivity contribution in [2.75, 3.05) is 12.4 Å². The molecule has 0 aliphatic heterocycles. The van der Waals surface area contributed by atoms with Crippen molar-refractivity contribution in [3.05, 3.63) is 29.3 Å². The summed E-state index contributed by atoms with van der Waals surface area (Å²) < 4.78 is 27.9. The molecular formula is C13H21NO3S. The second-order valence-corrected chi connectivity index (χ2v) is 7.14. The molecule has 102 valence electrons. The second-order valence-electron chi connectivity index (χ2n) is 5.53. The molecule has 1 rings (SSSR count). The van der Waals surface area contributed by atoms with Gasteiger partial charge < -0.3 is 4.74 Å². The zero-order valence-electron chi connectivity index (χ0n) is 11.4. The summed E-state index contributed by atoms with van der Waals surface area (Å²) >= 11 is 0. The van der Waals surface area contributed by atoms with Gasteiger partial charge in [-0.3, -0.25) is 0 Å². The Bertz CT molecular complexity index is 521. The number of hydrogen-bond acceptors (Lipinski definition) is 3. The number of ether oxygens (including phenoxy) is 1. The molecule has 4 nitrogen and oxygen atoms in total. The predicted molar refractivity (Wildman–Crippen MR) is 73.2 cm³/mol. The van der Waals surface area contributed by atoms with Gasteiger partial charge in [0.2, 0.25) is 10.0 Å². The first-order valence-electron chi connectivity index (χ1n) is 5.80. The summed E-state index contributed by atoms with van der Waals surface area (Å²) in [6.45, 7) is 7.90. The van der Waals surface area contributed by atoms with Crippen LogP contribution in [0, 0.1) is 19.3 Å². The highest BCUT2D eigenvalue weighted by Crippen LogP contribution is 2.23. The van der Waals surface area contributed by atoms with Gasteiger partial charge in [-0.1, -0.05) is 26.0 Å². The Morgan fingerprint density at radius 1 is 1.28 bits per heavy atom. The molecule has 1 aromatic rings. The molecule has 2 N–H and O–H groups in total. The number of hydrogen-bond donors (Lipinski definition) is 1. The van der Waals surface area contributed by atoms with Gasteiger partial charge in [-0.2, -0.15) is 0 Å². The first-order valence-corrected chi connectivity index (χ1v) is 7.51. The number of nitrogens with two attached hydrogens (primary N) is 1. The lowest BCUT2D eigenvalue weighted by Gasteiger charge is -2.24. The first-order chi connectivity index (χ1) is 8.09. The summed E-state index contributed by atoms with van der Waals surface area (Å²) in [5.41, 5.74) is 1.64. The van der Waals surface area contributed by atoms with Crippen LogP contribution >= 0.6 is 0 Å². The largest absolute Gasteiger partial charge is 0.493 e. The quantitative estimate of drug-likeness (QED) is 0.890. The topological polar surface area (TPSA) is 69.4 Å². The first kappa shape index (κ1) is 15.0. The van der Waals surface area contributed by atoms with E-state index >= 15 is 0 Å². The van der Waals surface area contributed by atoms with Gasteiger partial charge in [0.1, 0.15) is 5.75 Å². The van der Waals surface area contributed by atoms with Crippen molar-refractivity contribution in [3.8, 4) is 5.75 Å². The smallest absolute Gasteiger partial charge is 0.209 e. The van der Waals surface area contributed by atoms with Crippen LogP contribution in [-0.4, -0.2) is 20.8 Å². The van der Waals surface area contributed by atoms with Crippen LogP contribution in [0.15, 0.2) is 18.2 Å². The predicted octanol–water partition coefficient (Wildman–Crippen LogP) is 2.00. The molecule has 0 saturated heterocycles. The number of benzene rings is 1. The molecule has 0 heterocycles. The van der Waals surface area contributed by atoms with Crippen LogP contribution in [0.1, 0.15) is 25.0 Å². The summed E-state index contributed by atoms with van der Waals surface area (Å²) in [5.74, 6) is 0.697. The third-order valence-corrected chi connectivity index (χ3v) is 3.74. The Kier molecular flexibility index (Phi) is 4.40. The summed E-state index contributed by atoms with van der Waals surface area (Å²) in [7, 11) is -3.48.